The van der Waals surface area contributed by atoms with Crippen molar-refractivity contribution in [1.82, 2.24) is 0 Å². The molecule has 6 aromatic carbocycles. The number of benzene rings is 6. The predicted molar refractivity (Wildman–Crippen MR) is 272 cm³/mol. The van der Waals surface area contributed by atoms with Crippen LogP contribution in [0.25, 0.3) is 36.5 Å². The van der Waals surface area contributed by atoms with Crippen molar-refractivity contribution in [2.75, 3.05) is 11.8 Å². The Hall–Kier alpha value is -5.12. The molecule has 0 aliphatic rings. The third-order valence-corrected chi connectivity index (χ3v) is 49.5. The van der Waals surface area contributed by atoms with Crippen molar-refractivity contribution in [3.63, 3.8) is 0 Å². The van der Waals surface area contributed by atoms with Crippen molar-refractivity contribution >= 4 is 129 Å². The molecule has 0 aromatic heterocycles. The molecular formula is C54H50Cl2O5Sb2. The van der Waals surface area contributed by atoms with Gasteiger partial charge in [0.25, 0.3) is 0 Å². The molecule has 0 aliphatic heterocycles. The van der Waals surface area contributed by atoms with E-state index in [9.17, 15) is 0 Å². The zero-order valence-corrected chi connectivity index (χ0v) is 41.7. The van der Waals surface area contributed by atoms with Gasteiger partial charge < -0.3 is 0 Å². The Morgan fingerprint density at radius 2 is 0.540 bits per heavy atom. The van der Waals surface area contributed by atoms with Crippen molar-refractivity contribution in [2.45, 2.75) is 12.8 Å². The second-order valence-corrected chi connectivity index (χ2v) is 39.7. The van der Waals surface area contributed by atoms with Gasteiger partial charge in [0.15, 0.2) is 0 Å². The minimum atomic E-state index is -6.85. The summed E-state index contributed by atoms with van der Waals surface area (Å²) in [4.78, 5) is 30.0. The normalized spacial score (nSPS) is 12.5. The number of carbonyl (C=O) groups is 2. The molecule has 9 heteroatoms. The van der Waals surface area contributed by atoms with E-state index in [1.54, 1.807) is 36.5 Å². The van der Waals surface area contributed by atoms with Gasteiger partial charge in [-0.1, -0.05) is 0 Å². The fourth-order valence-electron chi connectivity index (χ4n) is 7.75. The molecule has 6 rings (SSSR count). The van der Waals surface area contributed by atoms with Crippen LogP contribution < -0.4 is 21.1 Å². The van der Waals surface area contributed by atoms with Crippen LogP contribution in [0, 0.1) is 0 Å². The zero-order valence-electron chi connectivity index (χ0n) is 35.1. The SMILES string of the molecule is C=Cc1cc[c]([Sb]([O]C(=O)CCCl)([O][Sb]([O]C(=O)CCCl)([c]2ccc(C=C)cc2)([c]2ccc(C=C)cc2)[c]2ccc(C=C)cc2)([c]2ccc(C=C)cc2)[c]2ccc(C=C)cc2)cc1. The van der Waals surface area contributed by atoms with Crippen LogP contribution in [0.2, 0.25) is 0 Å². The molecule has 0 radical (unpaired) electrons. The van der Waals surface area contributed by atoms with E-state index < -0.39 is 48.4 Å². The topological polar surface area (TPSA) is 61.8 Å². The number of hydrogen-bond donors (Lipinski definition) is 0. The van der Waals surface area contributed by atoms with Crippen LogP contribution in [0.3, 0.4) is 0 Å². The molecule has 0 aliphatic carbocycles. The molecule has 0 heterocycles. The average molecular weight is 1090 g/mol. The Morgan fingerprint density at radius 3 is 0.683 bits per heavy atom. The summed E-state index contributed by atoms with van der Waals surface area (Å²) in [5.74, 6) is -1.27. The van der Waals surface area contributed by atoms with Gasteiger partial charge in [0.1, 0.15) is 0 Å². The van der Waals surface area contributed by atoms with Gasteiger partial charge in [-0.3, -0.25) is 0 Å². The van der Waals surface area contributed by atoms with Crippen LogP contribution in [-0.4, -0.2) is 60.2 Å². The van der Waals surface area contributed by atoms with Crippen LogP contribution in [0.1, 0.15) is 46.2 Å². The van der Waals surface area contributed by atoms with Gasteiger partial charge >= 0.3 is 389 Å². The van der Waals surface area contributed by atoms with E-state index in [0.717, 1.165) is 33.4 Å². The Labute approximate surface area is 385 Å². The Kier molecular flexibility index (Phi) is 15.1. The van der Waals surface area contributed by atoms with E-state index in [0.29, 0.717) is 21.1 Å². The van der Waals surface area contributed by atoms with E-state index in [1.165, 1.54) is 0 Å². The molecule has 5 nitrogen and oxygen atoms in total. The summed E-state index contributed by atoms with van der Waals surface area (Å²) in [5.41, 5.74) is 4.92. The second kappa shape index (κ2) is 20.2. The zero-order chi connectivity index (χ0) is 45.1. The first-order chi connectivity index (χ1) is 30.5. The summed E-state index contributed by atoms with van der Waals surface area (Å²) >= 11 is -0.858. The Bertz CT molecular complexity index is 2210. The van der Waals surface area contributed by atoms with Crippen molar-refractivity contribution in [1.29, 1.82) is 0 Å². The number of hydrogen-bond acceptors (Lipinski definition) is 5. The number of carbonyl (C=O) groups excluding carboxylic acids is 2. The first-order valence-electron chi connectivity index (χ1n) is 20.2. The third-order valence-electron chi connectivity index (χ3n) is 11.0. The second-order valence-electron chi connectivity index (χ2n) is 14.6. The van der Waals surface area contributed by atoms with Gasteiger partial charge in [0.2, 0.25) is 0 Å². The molecule has 0 spiro atoms. The van der Waals surface area contributed by atoms with Crippen LogP contribution in [0.5, 0.6) is 0 Å². The molecule has 0 atom stereocenters. The monoisotopic (exact) mass is 1090 g/mol. The van der Waals surface area contributed by atoms with Gasteiger partial charge in [-0.15, -0.1) is 0 Å². The average Bonchev–Trinajstić information content (AvgIpc) is 3.34. The number of halogens is 2. The Morgan fingerprint density at radius 1 is 0.365 bits per heavy atom. The van der Waals surface area contributed by atoms with E-state index in [2.05, 4.69) is 39.5 Å². The van der Waals surface area contributed by atoms with E-state index in [4.69, 9.17) is 30.5 Å². The molecule has 0 saturated carbocycles. The van der Waals surface area contributed by atoms with E-state index >= 15 is 9.59 Å². The van der Waals surface area contributed by atoms with Crippen LogP contribution in [0.15, 0.2) is 185 Å². The van der Waals surface area contributed by atoms with Crippen molar-refractivity contribution in [3.05, 3.63) is 218 Å². The summed E-state index contributed by atoms with van der Waals surface area (Å²) in [6.45, 7) is 24.2. The fraction of sp³-hybridized carbons (Fsp3) is 0.0741. The van der Waals surface area contributed by atoms with Crippen LogP contribution in [-0.2, 0) is 16.9 Å². The molecule has 0 N–H and O–H groups in total. The molecule has 0 saturated heterocycles. The predicted octanol–water partition coefficient (Wildman–Crippen LogP) is 9.44. The van der Waals surface area contributed by atoms with Gasteiger partial charge in [0.05, 0.1) is 0 Å². The summed E-state index contributed by atoms with van der Waals surface area (Å²) < 4.78 is 27.4. The summed E-state index contributed by atoms with van der Waals surface area (Å²) in [7, 11) is 0. The summed E-state index contributed by atoms with van der Waals surface area (Å²) in [5, 5.41) is 0. The van der Waals surface area contributed by atoms with Crippen LogP contribution in [0.4, 0.5) is 0 Å². The molecule has 0 amide bonds. The standard InChI is InChI=1S/6C8H7.2C3H5ClO2.O.2Sb/c6*1-2-8-6-4-3-5-7-8;2*4-2-1-3(5)6;;;/h6*2,4-7H,1H2;2*1-2H2,(H,5,6);;;/q;;;;;;;;;2*+1/p-2. The number of alkyl halides is 2. The van der Waals surface area contributed by atoms with Gasteiger partial charge in [0, 0.05) is 0 Å². The van der Waals surface area contributed by atoms with E-state index in [-0.39, 0.29) is 24.6 Å². The maximum atomic E-state index is 15.0. The van der Waals surface area contributed by atoms with Crippen LogP contribution >= 0.6 is 23.2 Å². The van der Waals surface area contributed by atoms with Gasteiger partial charge in [-0.05, 0) is 0 Å². The molecule has 0 fully saturated rings. The maximum absolute atomic E-state index is 15.0. The molecular weight excluding hydrogens is 1040 g/mol. The Balaban J connectivity index is 2.05. The number of rotatable bonds is 20. The summed E-state index contributed by atoms with van der Waals surface area (Å²) in [6.07, 6.45) is 10.1. The molecule has 0 bridgehead atoms. The minimum absolute atomic E-state index is 0.0296. The van der Waals surface area contributed by atoms with E-state index in [1.807, 2.05) is 146 Å². The van der Waals surface area contributed by atoms with Crippen molar-refractivity contribution < 1.29 is 16.9 Å². The first kappa shape index (κ1) is 47.4. The van der Waals surface area contributed by atoms with Crippen molar-refractivity contribution in [3.8, 4) is 0 Å². The molecule has 0 unspecified atom stereocenters. The van der Waals surface area contributed by atoms with Gasteiger partial charge in [-0.2, -0.15) is 0 Å². The molecule has 6 aromatic rings. The first-order valence-corrected chi connectivity index (χ1v) is 33.1. The third kappa shape index (κ3) is 8.63. The molecule has 63 heavy (non-hydrogen) atoms. The van der Waals surface area contributed by atoms with Gasteiger partial charge in [-0.25, -0.2) is 0 Å². The quantitative estimate of drug-likeness (QED) is 0.0564. The fourth-order valence-corrected chi connectivity index (χ4v) is 56.5. The summed E-state index contributed by atoms with van der Waals surface area (Å²) in [6, 6.07) is 46.2. The molecule has 320 valence electrons. The van der Waals surface area contributed by atoms with Crippen molar-refractivity contribution in [2.24, 2.45) is 0 Å².